The van der Waals surface area contributed by atoms with Gasteiger partial charge in [-0.15, -0.1) is 0 Å². The number of nitrogens with one attached hydrogen (secondary N) is 1. The SMILES string of the molecule is COCCNC(=O)C1CC(=O)N(CC2CCN(C(=O)Cc3ccccc3F)CC2)C1. The number of hydrogen-bond acceptors (Lipinski definition) is 4. The second kappa shape index (κ2) is 10.5. The van der Waals surface area contributed by atoms with Crippen LogP contribution < -0.4 is 5.32 Å². The maximum absolute atomic E-state index is 13.8. The highest BCUT2D eigenvalue weighted by molar-refractivity contribution is 5.89. The van der Waals surface area contributed by atoms with Gasteiger partial charge in [-0.25, -0.2) is 4.39 Å². The first-order valence-electron chi connectivity index (χ1n) is 10.5. The molecule has 2 aliphatic rings. The van der Waals surface area contributed by atoms with E-state index >= 15 is 0 Å². The van der Waals surface area contributed by atoms with Crippen molar-refractivity contribution in [2.45, 2.75) is 25.7 Å². The fourth-order valence-electron chi connectivity index (χ4n) is 4.14. The number of ether oxygens (including phenoxy) is 1. The normalized spacial score (nSPS) is 19.9. The fraction of sp³-hybridized carbons (Fsp3) is 0.591. The Balaban J connectivity index is 1.42. The van der Waals surface area contributed by atoms with Gasteiger partial charge in [-0.3, -0.25) is 14.4 Å². The predicted molar refractivity (Wildman–Crippen MR) is 109 cm³/mol. The van der Waals surface area contributed by atoms with Crippen LogP contribution in [-0.4, -0.2) is 74.0 Å². The summed E-state index contributed by atoms with van der Waals surface area (Å²) in [5.74, 6) is -0.507. The molecule has 30 heavy (non-hydrogen) atoms. The number of halogens is 1. The lowest BCUT2D eigenvalue weighted by Gasteiger charge is -2.34. The van der Waals surface area contributed by atoms with Crippen LogP contribution in [0.3, 0.4) is 0 Å². The van der Waals surface area contributed by atoms with Gasteiger partial charge in [-0.1, -0.05) is 18.2 Å². The number of carbonyl (C=O) groups is 3. The minimum Gasteiger partial charge on any atom is -0.383 e. The Hall–Kier alpha value is -2.48. The molecule has 2 fully saturated rings. The summed E-state index contributed by atoms with van der Waals surface area (Å²) in [6.07, 6.45) is 1.93. The van der Waals surface area contributed by atoms with Gasteiger partial charge in [0.1, 0.15) is 5.82 Å². The predicted octanol–water partition coefficient (Wildman–Crippen LogP) is 1.22. The largest absolute Gasteiger partial charge is 0.383 e. The number of carbonyl (C=O) groups excluding carboxylic acids is 3. The Morgan fingerprint density at radius 2 is 1.97 bits per heavy atom. The molecule has 1 unspecified atom stereocenters. The van der Waals surface area contributed by atoms with E-state index in [0.29, 0.717) is 50.8 Å². The number of methoxy groups -OCH3 is 1. The van der Waals surface area contributed by atoms with Crippen molar-refractivity contribution in [2.24, 2.45) is 11.8 Å². The van der Waals surface area contributed by atoms with Crippen molar-refractivity contribution in [2.75, 3.05) is 46.4 Å². The van der Waals surface area contributed by atoms with Gasteiger partial charge in [-0.2, -0.15) is 0 Å². The quantitative estimate of drug-likeness (QED) is 0.643. The van der Waals surface area contributed by atoms with Crippen LogP contribution in [0.15, 0.2) is 24.3 Å². The number of piperidine rings is 1. The van der Waals surface area contributed by atoms with Crippen LogP contribution in [0.1, 0.15) is 24.8 Å². The molecule has 2 aliphatic heterocycles. The summed E-state index contributed by atoms with van der Waals surface area (Å²) in [7, 11) is 1.58. The molecule has 2 saturated heterocycles. The summed E-state index contributed by atoms with van der Waals surface area (Å²) >= 11 is 0. The molecule has 7 nitrogen and oxygen atoms in total. The van der Waals surface area contributed by atoms with Crippen LogP contribution >= 0.6 is 0 Å². The molecule has 0 aliphatic carbocycles. The summed E-state index contributed by atoms with van der Waals surface area (Å²) in [6, 6.07) is 6.35. The van der Waals surface area contributed by atoms with Gasteiger partial charge in [0.15, 0.2) is 0 Å². The lowest BCUT2D eigenvalue weighted by Crippen LogP contribution is -2.42. The number of nitrogens with zero attached hydrogens (tertiary/aromatic N) is 2. The molecular weight excluding hydrogens is 389 g/mol. The van der Waals surface area contributed by atoms with E-state index in [1.807, 2.05) is 0 Å². The van der Waals surface area contributed by atoms with Crippen molar-refractivity contribution < 1.29 is 23.5 Å². The first-order chi connectivity index (χ1) is 14.5. The zero-order valence-corrected chi connectivity index (χ0v) is 17.4. The van der Waals surface area contributed by atoms with Gasteiger partial charge in [0, 0.05) is 46.3 Å². The molecule has 1 N–H and O–H groups in total. The minimum absolute atomic E-state index is 0.0138. The van der Waals surface area contributed by atoms with Gasteiger partial charge in [0.2, 0.25) is 17.7 Å². The molecular formula is C22H30FN3O4. The molecule has 0 saturated carbocycles. The zero-order chi connectivity index (χ0) is 21.5. The number of benzene rings is 1. The smallest absolute Gasteiger partial charge is 0.227 e. The van der Waals surface area contributed by atoms with E-state index in [4.69, 9.17) is 4.74 Å². The molecule has 1 aromatic rings. The lowest BCUT2D eigenvalue weighted by atomic mass is 9.95. The highest BCUT2D eigenvalue weighted by Gasteiger charge is 2.36. The Morgan fingerprint density at radius 1 is 1.23 bits per heavy atom. The highest BCUT2D eigenvalue weighted by Crippen LogP contribution is 2.24. The molecule has 1 atom stereocenters. The van der Waals surface area contributed by atoms with Crippen LogP contribution in [0.2, 0.25) is 0 Å². The number of likely N-dealkylation sites (tertiary alicyclic amines) is 2. The van der Waals surface area contributed by atoms with E-state index in [1.165, 1.54) is 6.07 Å². The summed E-state index contributed by atoms with van der Waals surface area (Å²) < 4.78 is 18.7. The summed E-state index contributed by atoms with van der Waals surface area (Å²) in [6.45, 7) is 3.19. The third-order valence-corrected chi connectivity index (χ3v) is 5.94. The number of hydrogen-bond donors (Lipinski definition) is 1. The standard InChI is InChI=1S/C22H30FN3O4/c1-30-11-8-24-22(29)18-13-21(28)26(15-18)14-16-6-9-25(10-7-16)20(27)12-17-4-2-3-5-19(17)23/h2-5,16,18H,6-15H2,1H3,(H,24,29). The first-order valence-corrected chi connectivity index (χ1v) is 10.5. The van der Waals surface area contributed by atoms with E-state index in [2.05, 4.69) is 5.32 Å². The van der Waals surface area contributed by atoms with Gasteiger partial charge in [0.05, 0.1) is 18.9 Å². The maximum atomic E-state index is 13.8. The molecule has 3 rings (SSSR count). The molecule has 0 spiro atoms. The third kappa shape index (κ3) is 5.78. The molecule has 164 valence electrons. The molecule has 0 radical (unpaired) electrons. The van der Waals surface area contributed by atoms with E-state index in [-0.39, 0.29) is 42.3 Å². The number of rotatable bonds is 8. The van der Waals surface area contributed by atoms with E-state index in [0.717, 1.165) is 12.8 Å². The van der Waals surface area contributed by atoms with Crippen LogP contribution in [-0.2, 0) is 25.5 Å². The van der Waals surface area contributed by atoms with Crippen molar-refractivity contribution in [3.63, 3.8) is 0 Å². The van der Waals surface area contributed by atoms with Crippen LogP contribution in [0.25, 0.3) is 0 Å². The van der Waals surface area contributed by atoms with Gasteiger partial charge >= 0.3 is 0 Å². The fourth-order valence-corrected chi connectivity index (χ4v) is 4.14. The van der Waals surface area contributed by atoms with Crippen molar-refractivity contribution in [1.29, 1.82) is 0 Å². The van der Waals surface area contributed by atoms with E-state index in [9.17, 15) is 18.8 Å². The van der Waals surface area contributed by atoms with Crippen molar-refractivity contribution >= 4 is 17.7 Å². The van der Waals surface area contributed by atoms with Gasteiger partial charge < -0.3 is 19.9 Å². The first kappa shape index (κ1) is 22.2. The van der Waals surface area contributed by atoms with Crippen molar-refractivity contribution in [3.05, 3.63) is 35.6 Å². The van der Waals surface area contributed by atoms with Crippen molar-refractivity contribution in [1.82, 2.24) is 15.1 Å². The average Bonchev–Trinajstić information content (AvgIpc) is 3.11. The van der Waals surface area contributed by atoms with E-state index < -0.39 is 0 Å². The third-order valence-electron chi connectivity index (χ3n) is 5.94. The van der Waals surface area contributed by atoms with Crippen LogP contribution in [0.4, 0.5) is 4.39 Å². The summed E-state index contributed by atoms with van der Waals surface area (Å²) in [5, 5.41) is 2.80. The Morgan fingerprint density at radius 3 is 2.67 bits per heavy atom. The van der Waals surface area contributed by atoms with Crippen LogP contribution in [0.5, 0.6) is 0 Å². The van der Waals surface area contributed by atoms with E-state index in [1.54, 1.807) is 35.1 Å². The van der Waals surface area contributed by atoms with Crippen LogP contribution in [0, 0.1) is 17.7 Å². The van der Waals surface area contributed by atoms with Gasteiger partial charge in [-0.05, 0) is 30.4 Å². The Kier molecular flexibility index (Phi) is 7.79. The lowest BCUT2D eigenvalue weighted by molar-refractivity contribution is -0.133. The monoisotopic (exact) mass is 419 g/mol. The molecule has 0 bridgehead atoms. The Labute approximate surface area is 176 Å². The van der Waals surface area contributed by atoms with Crippen molar-refractivity contribution in [3.8, 4) is 0 Å². The molecule has 0 aromatic heterocycles. The molecule has 1 aromatic carbocycles. The zero-order valence-electron chi connectivity index (χ0n) is 17.4. The highest BCUT2D eigenvalue weighted by atomic mass is 19.1. The minimum atomic E-state index is -0.353. The topological polar surface area (TPSA) is 79.0 Å². The molecule has 8 heteroatoms. The summed E-state index contributed by atoms with van der Waals surface area (Å²) in [5.41, 5.74) is 0.419. The average molecular weight is 419 g/mol. The number of amides is 3. The molecule has 3 amide bonds. The second-order valence-corrected chi connectivity index (χ2v) is 8.08. The van der Waals surface area contributed by atoms with Gasteiger partial charge in [0.25, 0.3) is 0 Å². The Bertz CT molecular complexity index is 765. The maximum Gasteiger partial charge on any atom is 0.227 e. The molecule has 2 heterocycles. The summed E-state index contributed by atoms with van der Waals surface area (Å²) in [4.78, 5) is 40.5. The second-order valence-electron chi connectivity index (χ2n) is 8.08.